The first kappa shape index (κ1) is 17.9. The van der Waals surface area contributed by atoms with Gasteiger partial charge in [0.05, 0.1) is 17.1 Å². The smallest absolute Gasteiger partial charge is 0.253 e. The molecule has 1 aliphatic rings. The summed E-state index contributed by atoms with van der Waals surface area (Å²) in [4.78, 5) is 37.4. The molecule has 134 valence electrons. The van der Waals surface area contributed by atoms with Gasteiger partial charge in [0.2, 0.25) is 11.8 Å². The number of hydrogen-bond acceptors (Lipinski definition) is 3. The van der Waals surface area contributed by atoms with Gasteiger partial charge in [0, 0.05) is 24.8 Å². The molecule has 0 bridgehead atoms. The molecule has 0 spiro atoms. The average molecular weight is 372 g/mol. The lowest BCUT2D eigenvalue weighted by Gasteiger charge is -2.15. The molecule has 0 aliphatic carbocycles. The van der Waals surface area contributed by atoms with E-state index in [1.807, 2.05) is 12.1 Å². The van der Waals surface area contributed by atoms with Crippen molar-refractivity contribution in [3.05, 3.63) is 58.6 Å². The highest BCUT2D eigenvalue weighted by atomic mass is 35.5. The number of anilines is 2. The van der Waals surface area contributed by atoms with Crippen molar-refractivity contribution in [3.8, 4) is 0 Å². The first-order valence-corrected chi connectivity index (χ1v) is 8.57. The van der Waals surface area contributed by atoms with Gasteiger partial charge >= 0.3 is 0 Å². The van der Waals surface area contributed by atoms with Crippen LogP contribution in [0.3, 0.4) is 0 Å². The molecule has 3 rings (SSSR count). The summed E-state index contributed by atoms with van der Waals surface area (Å²) in [6.07, 6.45) is 0.752. The highest BCUT2D eigenvalue weighted by Gasteiger charge is 2.22. The Morgan fingerprint density at radius 2 is 1.92 bits per heavy atom. The first-order valence-electron chi connectivity index (χ1n) is 8.19. The van der Waals surface area contributed by atoms with E-state index in [0.717, 1.165) is 17.7 Å². The molecule has 7 heteroatoms. The van der Waals surface area contributed by atoms with Gasteiger partial charge in [0.15, 0.2) is 0 Å². The molecule has 3 amide bonds. The molecular weight excluding hydrogens is 354 g/mol. The summed E-state index contributed by atoms with van der Waals surface area (Å²) < 4.78 is 0. The summed E-state index contributed by atoms with van der Waals surface area (Å²) >= 11 is 5.96. The molecule has 0 radical (unpaired) electrons. The number of carbonyl (C=O) groups is 3. The normalized spacial score (nSPS) is 12.5. The van der Waals surface area contributed by atoms with Crippen molar-refractivity contribution < 1.29 is 14.4 Å². The Hall–Kier alpha value is -2.86. The van der Waals surface area contributed by atoms with E-state index in [2.05, 4.69) is 10.6 Å². The van der Waals surface area contributed by atoms with E-state index in [1.165, 1.54) is 6.92 Å². The Morgan fingerprint density at radius 3 is 2.65 bits per heavy atom. The largest absolute Gasteiger partial charge is 0.343 e. The number of fused-ring (bicyclic) bond motifs is 1. The molecule has 1 heterocycles. The molecule has 0 fully saturated rings. The fourth-order valence-electron chi connectivity index (χ4n) is 2.91. The molecule has 2 N–H and O–H groups in total. The van der Waals surface area contributed by atoms with Crippen molar-refractivity contribution in [1.82, 2.24) is 5.32 Å². The summed E-state index contributed by atoms with van der Waals surface area (Å²) in [5.74, 6) is -0.744. The number of nitrogens with one attached hydrogen (secondary N) is 2. The van der Waals surface area contributed by atoms with Crippen molar-refractivity contribution in [2.75, 3.05) is 23.3 Å². The number of halogens is 1. The van der Waals surface area contributed by atoms with Gasteiger partial charge in [-0.2, -0.15) is 0 Å². The Bertz CT molecular complexity index is 882. The first-order chi connectivity index (χ1) is 12.5. The lowest BCUT2D eigenvalue weighted by molar-refractivity contribution is -0.116. The fraction of sp³-hybridized carbons (Fsp3) is 0.211. The number of rotatable bonds is 4. The van der Waals surface area contributed by atoms with Crippen LogP contribution in [0.2, 0.25) is 5.02 Å². The van der Waals surface area contributed by atoms with Crippen LogP contribution in [0.25, 0.3) is 0 Å². The monoisotopic (exact) mass is 371 g/mol. The number of carbonyl (C=O) groups excluding carboxylic acids is 3. The third-order valence-electron chi connectivity index (χ3n) is 4.17. The van der Waals surface area contributed by atoms with Crippen LogP contribution in [0.1, 0.15) is 22.8 Å². The molecule has 26 heavy (non-hydrogen) atoms. The molecule has 0 saturated carbocycles. The van der Waals surface area contributed by atoms with Gasteiger partial charge in [-0.05, 0) is 42.3 Å². The zero-order chi connectivity index (χ0) is 18.7. The maximum Gasteiger partial charge on any atom is 0.253 e. The minimum atomic E-state index is -0.406. The Kier molecular flexibility index (Phi) is 5.23. The minimum Gasteiger partial charge on any atom is -0.343 e. The van der Waals surface area contributed by atoms with Gasteiger partial charge in [-0.1, -0.05) is 23.7 Å². The number of nitrogens with zero attached hydrogens (tertiary/aromatic N) is 1. The number of amides is 3. The summed E-state index contributed by atoms with van der Waals surface area (Å²) in [5, 5.41) is 5.63. The Labute approximate surface area is 156 Å². The summed E-state index contributed by atoms with van der Waals surface area (Å²) in [6, 6.07) is 12.1. The lowest BCUT2D eigenvalue weighted by atomic mass is 10.1. The van der Waals surface area contributed by atoms with Gasteiger partial charge in [0.25, 0.3) is 5.91 Å². The van der Waals surface area contributed by atoms with E-state index in [9.17, 15) is 14.4 Å². The second-order valence-electron chi connectivity index (χ2n) is 5.97. The predicted octanol–water partition coefficient (Wildman–Crippen LogP) is 2.62. The van der Waals surface area contributed by atoms with Crippen molar-refractivity contribution in [3.63, 3.8) is 0 Å². The Morgan fingerprint density at radius 1 is 1.15 bits per heavy atom. The van der Waals surface area contributed by atoms with Gasteiger partial charge in [-0.15, -0.1) is 0 Å². The molecule has 0 saturated heterocycles. The van der Waals surface area contributed by atoms with Crippen LogP contribution in [-0.4, -0.2) is 30.8 Å². The predicted molar refractivity (Wildman–Crippen MR) is 101 cm³/mol. The molecule has 1 aliphatic heterocycles. The maximum absolute atomic E-state index is 12.1. The van der Waals surface area contributed by atoms with Crippen molar-refractivity contribution >= 4 is 40.7 Å². The van der Waals surface area contributed by atoms with E-state index in [0.29, 0.717) is 22.8 Å². The van der Waals surface area contributed by atoms with Crippen LogP contribution in [-0.2, 0) is 16.0 Å². The van der Waals surface area contributed by atoms with Crippen LogP contribution >= 0.6 is 11.6 Å². The SMILES string of the molecule is CC(=O)N1CCc2cc(NC(=O)CNC(=O)c3ccccc3Cl)ccc21. The molecular formula is C19H18ClN3O3. The second-order valence-corrected chi connectivity index (χ2v) is 6.38. The Balaban J connectivity index is 1.58. The van der Waals surface area contributed by atoms with Crippen molar-refractivity contribution in [2.24, 2.45) is 0 Å². The highest BCUT2D eigenvalue weighted by molar-refractivity contribution is 6.33. The fourth-order valence-corrected chi connectivity index (χ4v) is 3.13. The number of benzene rings is 2. The maximum atomic E-state index is 12.1. The van der Waals surface area contributed by atoms with E-state index >= 15 is 0 Å². The van der Waals surface area contributed by atoms with Gasteiger partial charge in [-0.3, -0.25) is 14.4 Å². The van der Waals surface area contributed by atoms with Crippen molar-refractivity contribution in [1.29, 1.82) is 0 Å². The van der Waals surface area contributed by atoms with Gasteiger partial charge in [-0.25, -0.2) is 0 Å². The second kappa shape index (κ2) is 7.58. The summed E-state index contributed by atoms with van der Waals surface area (Å²) in [6.45, 7) is 2.02. The molecule has 6 nitrogen and oxygen atoms in total. The average Bonchev–Trinajstić information content (AvgIpc) is 3.03. The van der Waals surface area contributed by atoms with Crippen molar-refractivity contribution in [2.45, 2.75) is 13.3 Å². The van der Waals surface area contributed by atoms with E-state index in [-0.39, 0.29) is 18.4 Å². The van der Waals surface area contributed by atoms with Crippen LogP contribution < -0.4 is 15.5 Å². The topological polar surface area (TPSA) is 78.5 Å². The molecule has 2 aromatic carbocycles. The van der Waals surface area contributed by atoms with Crippen LogP contribution in [0.5, 0.6) is 0 Å². The van der Waals surface area contributed by atoms with Crippen LogP contribution in [0.4, 0.5) is 11.4 Å². The van der Waals surface area contributed by atoms with E-state index in [1.54, 1.807) is 35.2 Å². The third-order valence-corrected chi connectivity index (χ3v) is 4.50. The lowest BCUT2D eigenvalue weighted by Crippen LogP contribution is -2.33. The molecule has 0 aromatic heterocycles. The molecule has 2 aromatic rings. The zero-order valence-corrected chi connectivity index (χ0v) is 15.0. The van der Waals surface area contributed by atoms with Crippen LogP contribution in [0.15, 0.2) is 42.5 Å². The minimum absolute atomic E-state index is 0.00261. The van der Waals surface area contributed by atoms with Crippen LogP contribution in [0, 0.1) is 0 Å². The van der Waals surface area contributed by atoms with Gasteiger partial charge < -0.3 is 15.5 Å². The number of hydrogen-bond donors (Lipinski definition) is 2. The summed E-state index contributed by atoms with van der Waals surface area (Å²) in [7, 11) is 0. The third kappa shape index (κ3) is 3.86. The summed E-state index contributed by atoms with van der Waals surface area (Å²) in [5.41, 5.74) is 2.84. The molecule has 0 atom stereocenters. The van der Waals surface area contributed by atoms with E-state index < -0.39 is 5.91 Å². The van der Waals surface area contributed by atoms with Gasteiger partial charge in [0.1, 0.15) is 0 Å². The van der Waals surface area contributed by atoms with E-state index in [4.69, 9.17) is 11.6 Å². The highest BCUT2D eigenvalue weighted by Crippen LogP contribution is 2.30. The standard InChI is InChI=1S/C19H18ClN3O3/c1-12(24)23-9-8-13-10-14(6-7-17(13)23)22-18(25)11-21-19(26)15-4-2-3-5-16(15)20/h2-7,10H,8-9,11H2,1H3,(H,21,26)(H,22,25). The molecule has 0 unspecified atom stereocenters. The zero-order valence-electron chi connectivity index (χ0n) is 14.2. The quantitative estimate of drug-likeness (QED) is 0.867.